The Bertz CT molecular complexity index is 1160. The largest absolute Gasteiger partial charge is 0.493 e. The number of anilines is 1. The van der Waals surface area contributed by atoms with E-state index in [9.17, 15) is 10.1 Å². The molecule has 0 radical (unpaired) electrons. The van der Waals surface area contributed by atoms with Gasteiger partial charge in [-0.05, 0) is 70.1 Å². The highest BCUT2D eigenvalue weighted by molar-refractivity contribution is 14.1. The molecule has 156 valence electrons. The molecular weight excluding hydrogens is 527 g/mol. The van der Waals surface area contributed by atoms with E-state index in [0.717, 1.165) is 9.13 Å². The summed E-state index contributed by atoms with van der Waals surface area (Å²) in [5.41, 5.74) is 2.14. The van der Waals surface area contributed by atoms with Crippen LogP contribution in [-0.4, -0.2) is 13.0 Å². The molecule has 0 aliphatic rings. The number of nitriles is 1. The predicted octanol–water partition coefficient (Wildman–Crippen LogP) is 6.08. The lowest BCUT2D eigenvalue weighted by Gasteiger charge is -2.14. The van der Waals surface area contributed by atoms with Gasteiger partial charge in [-0.3, -0.25) is 4.79 Å². The fourth-order valence-electron chi connectivity index (χ4n) is 2.77. The summed E-state index contributed by atoms with van der Waals surface area (Å²) in [5.74, 6) is 0.593. The summed E-state index contributed by atoms with van der Waals surface area (Å²) >= 11 is 8.09. The van der Waals surface area contributed by atoms with Gasteiger partial charge in [-0.1, -0.05) is 48.0 Å². The highest BCUT2D eigenvalue weighted by Crippen LogP contribution is 2.35. The summed E-state index contributed by atoms with van der Waals surface area (Å²) < 4.78 is 12.2. The molecule has 1 amide bonds. The normalized spacial score (nSPS) is 10.8. The Morgan fingerprint density at radius 1 is 1.16 bits per heavy atom. The molecule has 3 aromatic carbocycles. The Morgan fingerprint density at radius 3 is 2.61 bits per heavy atom. The second-order valence-electron chi connectivity index (χ2n) is 6.44. The van der Waals surface area contributed by atoms with E-state index in [0.29, 0.717) is 34.4 Å². The first-order valence-electron chi connectivity index (χ1n) is 9.23. The SMILES string of the molecule is COc1cc(/C=C(\C#N)C(=O)Nc2cccc(Cl)c2)cc(I)c1OCc1ccccc1. The zero-order valence-corrected chi connectivity index (χ0v) is 19.5. The van der Waals surface area contributed by atoms with E-state index in [-0.39, 0.29) is 5.57 Å². The van der Waals surface area contributed by atoms with Gasteiger partial charge in [0.1, 0.15) is 18.2 Å². The van der Waals surface area contributed by atoms with Crippen molar-refractivity contribution < 1.29 is 14.3 Å². The minimum absolute atomic E-state index is 0.0456. The number of hydrogen-bond donors (Lipinski definition) is 1. The first kappa shape index (κ1) is 22.7. The Balaban J connectivity index is 1.82. The first-order valence-corrected chi connectivity index (χ1v) is 10.7. The lowest BCUT2D eigenvalue weighted by molar-refractivity contribution is -0.112. The lowest BCUT2D eigenvalue weighted by atomic mass is 10.1. The molecule has 0 aliphatic carbocycles. The van der Waals surface area contributed by atoms with Crippen molar-refractivity contribution in [1.82, 2.24) is 0 Å². The smallest absolute Gasteiger partial charge is 0.266 e. The van der Waals surface area contributed by atoms with Crippen LogP contribution in [0.4, 0.5) is 5.69 Å². The average molecular weight is 545 g/mol. The third-order valence-electron chi connectivity index (χ3n) is 4.24. The number of nitrogens with zero attached hydrogens (tertiary/aromatic N) is 1. The van der Waals surface area contributed by atoms with Crippen molar-refractivity contribution >= 4 is 51.9 Å². The molecule has 3 aromatic rings. The second kappa shape index (κ2) is 10.8. The van der Waals surface area contributed by atoms with Gasteiger partial charge in [0.2, 0.25) is 0 Å². The number of carbonyl (C=O) groups is 1. The Hall–Kier alpha value is -3.02. The quantitative estimate of drug-likeness (QED) is 0.222. The van der Waals surface area contributed by atoms with Crippen LogP contribution in [0.1, 0.15) is 11.1 Å². The average Bonchev–Trinajstić information content (AvgIpc) is 2.77. The van der Waals surface area contributed by atoms with Crippen LogP contribution >= 0.6 is 34.2 Å². The van der Waals surface area contributed by atoms with Crippen LogP contribution in [0.5, 0.6) is 11.5 Å². The monoisotopic (exact) mass is 544 g/mol. The fourth-order valence-corrected chi connectivity index (χ4v) is 3.74. The van der Waals surface area contributed by atoms with Gasteiger partial charge in [0, 0.05) is 10.7 Å². The molecule has 0 fully saturated rings. The number of halogens is 2. The number of amides is 1. The third-order valence-corrected chi connectivity index (χ3v) is 5.27. The lowest BCUT2D eigenvalue weighted by Crippen LogP contribution is -2.13. The van der Waals surface area contributed by atoms with Crippen LogP contribution in [0.15, 0.2) is 72.3 Å². The molecule has 0 saturated heterocycles. The van der Waals surface area contributed by atoms with Crippen molar-refractivity contribution in [3.8, 4) is 17.6 Å². The maximum atomic E-state index is 12.5. The number of nitrogens with one attached hydrogen (secondary N) is 1. The Kier molecular flexibility index (Phi) is 7.93. The minimum Gasteiger partial charge on any atom is -0.493 e. The number of rotatable bonds is 7. The van der Waals surface area contributed by atoms with Gasteiger partial charge in [0.15, 0.2) is 11.5 Å². The van der Waals surface area contributed by atoms with Crippen molar-refractivity contribution in [2.75, 3.05) is 12.4 Å². The van der Waals surface area contributed by atoms with Crippen molar-refractivity contribution in [2.45, 2.75) is 6.61 Å². The zero-order valence-electron chi connectivity index (χ0n) is 16.6. The van der Waals surface area contributed by atoms with Crippen LogP contribution in [0, 0.1) is 14.9 Å². The maximum Gasteiger partial charge on any atom is 0.266 e. The summed E-state index contributed by atoms with van der Waals surface area (Å²) in [7, 11) is 1.55. The maximum absolute atomic E-state index is 12.5. The Labute approximate surface area is 199 Å². The van der Waals surface area contributed by atoms with E-state index in [4.69, 9.17) is 21.1 Å². The van der Waals surface area contributed by atoms with Gasteiger partial charge in [0.25, 0.3) is 5.91 Å². The number of ether oxygens (including phenoxy) is 2. The second-order valence-corrected chi connectivity index (χ2v) is 8.04. The van der Waals surface area contributed by atoms with E-state index in [1.807, 2.05) is 42.5 Å². The topological polar surface area (TPSA) is 71.3 Å². The number of methoxy groups -OCH3 is 1. The zero-order chi connectivity index (χ0) is 22.2. The van der Waals surface area contributed by atoms with Crippen LogP contribution in [0.2, 0.25) is 5.02 Å². The molecule has 0 aliphatic heterocycles. The molecule has 7 heteroatoms. The molecule has 0 saturated carbocycles. The molecular formula is C24H18ClIN2O3. The summed E-state index contributed by atoms with van der Waals surface area (Å²) in [4.78, 5) is 12.5. The van der Waals surface area contributed by atoms with E-state index < -0.39 is 5.91 Å². The van der Waals surface area contributed by atoms with Crippen LogP contribution in [0.25, 0.3) is 6.08 Å². The van der Waals surface area contributed by atoms with Gasteiger partial charge in [-0.2, -0.15) is 5.26 Å². The molecule has 5 nitrogen and oxygen atoms in total. The van der Waals surface area contributed by atoms with Crippen molar-refractivity contribution in [3.63, 3.8) is 0 Å². The molecule has 0 heterocycles. The molecule has 0 atom stereocenters. The van der Waals surface area contributed by atoms with E-state index in [1.54, 1.807) is 37.4 Å². The van der Waals surface area contributed by atoms with E-state index in [1.165, 1.54) is 6.08 Å². The number of benzene rings is 3. The van der Waals surface area contributed by atoms with Crippen LogP contribution in [-0.2, 0) is 11.4 Å². The minimum atomic E-state index is -0.525. The van der Waals surface area contributed by atoms with Gasteiger partial charge in [0.05, 0.1) is 10.7 Å². The predicted molar refractivity (Wildman–Crippen MR) is 130 cm³/mol. The number of carbonyl (C=O) groups excluding carboxylic acids is 1. The van der Waals surface area contributed by atoms with Gasteiger partial charge >= 0.3 is 0 Å². The van der Waals surface area contributed by atoms with E-state index >= 15 is 0 Å². The molecule has 0 unspecified atom stereocenters. The van der Waals surface area contributed by atoms with Crippen molar-refractivity contribution in [1.29, 1.82) is 5.26 Å². The standard InChI is InChI=1S/C24H18ClIN2O3/c1-30-22-12-17(11-21(26)23(22)31-15-16-6-3-2-4-7-16)10-18(14-27)24(29)28-20-9-5-8-19(25)13-20/h2-13H,15H2,1H3,(H,28,29)/b18-10+. The summed E-state index contributed by atoms with van der Waals surface area (Å²) in [6.45, 7) is 0.397. The van der Waals surface area contributed by atoms with Crippen LogP contribution in [0.3, 0.4) is 0 Å². The molecule has 0 aromatic heterocycles. The summed E-state index contributed by atoms with van der Waals surface area (Å²) in [6, 6.07) is 22.0. The van der Waals surface area contributed by atoms with Crippen LogP contribution < -0.4 is 14.8 Å². The molecule has 0 bridgehead atoms. The van der Waals surface area contributed by atoms with Crippen molar-refractivity contribution in [2.24, 2.45) is 0 Å². The van der Waals surface area contributed by atoms with Gasteiger partial charge in [-0.15, -0.1) is 0 Å². The van der Waals surface area contributed by atoms with Crippen molar-refractivity contribution in [3.05, 3.63) is 92.0 Å². The molecule has 0 spiro atoms. The van der Waals surface area contributed by atoms with Gasteiger partial charge < -0.3 is 14.8 Å². The third kappa shape index (κ3) is 6.23. The van der Waals surface area contributed by atoms with E-state index in [2.05, 4.69) is 27.9 Å². The summed E-state index contributed by atoms with van der Waals surface area (Å²) in [5, 5.41) is 12.7. The molecule has 31 heavy (non-hydrogen) atoms. The Morgan fingerprint density at radius 2 is 1.94 bits per heavy atom. The highest BCUT2D eigenvalue weighted by atomic mass is 127. The van der Waals surface area contributed by atoms with Gasteiger partial charge in [-0.25, -0.2) is 0 Å². The number of hydrogen-bond acceptors (Lipinski definition) is 4. The highest BCUT2D eigenvalue weighted by Gasteiger charge is 2.14. The molecule has 3 rings (SSSR count). The fraction of sp³-hybridized carbons (Fsp3) is 0.0833. The molecule has 1 N–H and O–H groups in total. The first-order chi connectivity index (χ1) is 15.0. The summed E-state index contributed by atoms with van der Waals surface area (Å²) in [6.07, 6.45) is 1.51.